The third-order valence-corrected chi connectivity index (χ3v) is 3.35. The van der Waals surface area contributed by atoms with E-state index in [2.05, 4.69) is 5.32 Å². The number of hydrogen-bond donors (Lipinski definition) is 1. The van der Waals surface area contributed by atoms with Gasteiger partial charge in [0, 0.05) is 11.6 Å². The number of halogens is 1. The second-order valence-corrected chi connectivity index (χ2v) is 5.04. The molecule has 1 aliphatic heterocycles. The van der Waals surface area contributed by atoms with E-state index in [0.29, 0.717) is 23.9 Å². The first-order valence-electron chi connectivity index (χ1n) is 6.67. The fourth-order valence-corrected chi connectivity index (χ4v) is 2.22. The molecule has 0 bridgehead atoms. The summed E-state index contributed by atoms with van der Waals surface area (Å²) >= 11 is 6.01. The summed E-state index contributed by atoms with van der Waals surface area (Å²) in [5.74, 6) is 0.717. The van der Waals surface area contributed by atoms with Crippen molar-refractivity contribution in [2.24, 2.45) is 0 Å². The Morgan fingerprint density at radius 1 is 1.53 bits per heavy atom. The van der Waals surface area contributed by atoms with E-state index in [1.807, 2.05) is 19.9 Å². The fourth-order valence-electron chi connectivity index (χ4n) is 2.05. The molecule has 1 N–H and O–H groups in total. The maximum absolute atomic E-state index is 12.2. The Labute approximate surface area is 118 Å². The van der Waals surface area contributed by atoms with Crippen LogP contribution < -0.4 is 15.0 Å². The average molecular weight is 283 g/mol. The lowest BCUT2D eigenvalue weighted by Crippen LogP contribution is -2.48. The molecule has 0 radical (unpaired) electrons. The molecular weight excluding hydrogens is 264 g/mol. The van der Waals surface area contributed by atoms with Gasteiger partial charge < -0.3 is 10.1 Å². The van der Waals surface area contributed by atoms with Crippen molar-refractivity contribution in [1.29, 1.82) is 0 Å². The molecule has 0 aliphatic carbocycles. The summed E-state index contributed by atoms with van der Waals surface area (Å²) in [5, 5.41) is 3.50. The van der Waals surface area contributed by atoms with E-state index in [0.717, 1.165) is 18.5 Å². The molecule has 5 heteroatoms. The van der Waals surface area contributed by atoms with Gasteiger partial charge >= 0.3 is 6.03 Å². The molecule has 1 aromatic carbocycles. The molecule has 0 unspecified atom stereocenters. The van der Waals surface area contributed by atoms with Crippen molar-refractivity contribution in [2.45, 2.75) is 32.8 Å². The van der Waals surface area contributed by atoms with E-state index >= 15 is 0 Å². The molecule has 1 atom stereocenters. The van der Waals surface area contributed by atoms with Crippen LogP contribution in [0.5, 0.6) is 5.75 Å². The highest BCUT2D eigenvalue weighted by molar-refractivity contribution is 6.31. The van der Waals surface area contributed by atoms with Crippen LogP contribution in [-0.4, -0.2) is 25.2 Å². The number of anilines is 1. The molecule has 0 aromatic heterocycles. The third-order valence-electron chi connectivity index (χ3n) is 3.12. The van der Waals surface area contributed by atoms with Crippen molar-refractivity contribution in [3.63, 3.8) is 0 Å². The minimum Gasteiger partial charge on any atom is -0.486 e. The number of carbonyl (C=O) groups excluding carboxylic acids is 1. The highest BCUT2D eigenvalue weighted by atomic mass is 35.5. The van der Waals surface area contributed by atoms with Crippen molar-refractivity contribution in [2.75, 3.05) is 18.0 Å². The van der Waals surface area contributed by atoms with Gasteiger partial charge in [-0.2, -0.15) is 0 Å². The molecule has 2 amide bonds. The topological polar surface area (TPSA) is 41.6 Å². The summed E-state index contributed by atoms with van der Waals surface area (Å²) < 4.78 is 5.84. The Morgan fingerprint density at radius 3 is 3.00 bits per heavy atom. The van der Waals surface area contributed by atoms with E-state index in [1.54, 1.807) is 17.0 Å². The van der Waals surface area contributed by atoms with Crippen LogP contribution in [0, 0.1) is 0 Å². The van der Waals surface area contributed by atoms with Crippen LogP contribution in [0.2, 0.25) is 5.02 Å². The molecule has 19 heavy (non-hydrogen) atoms. The first-order chi connectivity index (χ1) is 9.15. The van der Waals surface area contributed by atoms with Crippen LogP contribution in [0.25, 0.3) is 0 Å². The van der Waals surface area contributed by atoms with E-state index in [4.69, 9.17) is 16.3 Å². The number of hydrogen-bond acceptors (Lipinski definition) is 2. The number of ether oxygens (including phenoxy) is 1. The summed E-state index contributed by atoms with van der Waals surface area (Å²) in [4.78, 5) is 13.9. The minimum absolute atomic E-state index is 0.0288. The molecular formula is C14H19ClN2O2. The molecule has 104 valence electrons. The van der Waals surface area contributed by atoms with Crippen LogP contribution in [-0.2, 0) is 0 Å². The Hall–Kier alpha value is -1.42. The summed E-state index contributed by atoms with van der Waals surface area (Å²) in [6, 6.07) is 5.28. The van der Waals surface area contributed by atoms with Crippen molar-refractivity contribution in [1.82, 2.24) is 5.32 Å². The quantitative estimate of drug-likeness (QED) is 0.923. The number of nitrogens with one attached hydrogen (secondary N) is 1. The van der Waals surface area contributed by atoms with Crippen LogP contribution in [0.4, 0.5) is 10.5 Å². The zero-order valence-electron chi connectivity index (χ0n) is 11.3. The maximum atomic E-state index is 12.2. The lowest BCUT2D eigenvalue weighted by atomic mass is 10.1. The van der Waals surface area contributed by atoms with Gasteiger partial charge in [-0.05, 0) is 31.0 Å². The summed E-state index contributed by atoms with van der Waals surface area (Å²) in [7, 11) is 0. The van der Waals surface area contributed by atoms with Crippen LogP contribution in [0.3, 0.4) is 0 Å². The normalized spacial score (nSPS) is 17.6. The van der Waals surface area contributed by atoms with Crippen LogP contribution in [0.1, 0.15) is 26.7 Å². The first kappa shape index (κ1) is 14.0. The van der Waals surface area contributed by atoms with Crippen molar-refractivity contribution >= 4 is 23.3 Å². The Morgan fingerprint density at radius 2 is 2.32 bits per heavy atom. The maximum Gasteiger partial charge on any atom is 0.322 e. The van der Waals surface area contributed by atoms with Gasteiger partial charge in [0.2, 0.25) is 0 Å². The Kier molecular flexibility index (Phi) is 4.53. The zero-order valence-corrected chi connectivity index (χ0v) is 12.0. The van der Waals surface area contributed by atoms with Crippen molar-refractivity contribution in [3.05, 3.63) is 23.2 Å². The highest BCUT2D eigenvalue weighted by Crippen LogP contribution is 2.36. The number of nitrogens with zero attached hydrogens (tertiary/aromatic N) is 1. The smallest absolute Gasteiger partial charge is 0.322 e. The predicted octanol–water partition coefficient (Wildman–Crippen LogP) is 3.44. The van der Waals surface area contributed by atoms with Gasteiger partial charge in [0.15, 0.2) is 0 Å². The van der Waals surface area contributed by atoms with E-state index < -0.39 is 0 Å². The van der Waals surface area contributed by atoms with Gasteiger partial charge in [-0.1, -0.05) is 25.4 Å². The molecule has 0 saturated heterocycles. The van der Waals surface area contributed by atoms with Gasteiger partial charge in [-0.3, -0.25) is 4.90 Å². The number of urea groups is 1. The molecule has 0 fully saturated rings. The lowest BCUT2D eigenvalue weighted by molar-refractivity contribution is 0.186. The van der Waals surface area contributed by atoms with Gasteiger partial charge in [0.1, 0.15) is 11.9 Å². The predicted molar refractivity (Wildman–Crippen MR) is 77.2 cm³/mol. The number of amides is 2. The number of rotatable bonds is 3. The fraction of sp³-hybridized carbons (Fsp3) is 0.500. The molecule has 1 heterocycles. The summed E-state index contributed by atoms with van der Waals surface area (Å²) in [5.41, 5.74) is 0.741. The standard InChI is InChI=1S/C14H19ClN2O2/c1-3-7-16-14(18)17-9-11(4-2)19-13-6-5-10(15)8-12(13)17/h5-6,8,11H,3-4,7,9H2,1-2H3,(H,16,18)/t11-/m0/s1. The Balaban J connectivity index is 2.27. The summed E-state index contributed by atoms with van der Waals surface area (Å²) in [6.45, 7) is 5.30. The number of carbonyl (C=O) groups is 1. The minimum atomic E-state index is -0.0906. The zero-order chi connectivity index (χ0) is 13.8. The van der Waals surface area contributed by atoms with Crippen molar-refractivity contribution < 1.29 is 9.53 Å². The number of benzene rings is 1. The van der Waals surface area contributed by atoms with Gasteiger partial charge in [-0.15, -0.1) is 0 Å². The molecule has 2 rings (SSSR count). The third kappa shape index (κ3) is 3.13. The van der Waals surface area contributed by atoms with Gasteiger partial charge in [0.05, 0.1) is 12.2 Å². The SMILES string of the molecule is CCCNC(=O)N1C[C@H](CC)Oc2ccc(Cl)cc21. The molecule has 4 nitrogen and oxygen atoms in total. The van der Waals surface area contributed by atoms with Crippen LogP contribution in [0.15, 0.2) is 18.2 Å². The second kappa shape index (κ2) is 6.15. The summed E-state index contributed by atoms with van der Waals surface area (Å²) in [6.07, 6.45) is 1.80. The molecule has 0 spiro atoms. The first-order valence-corrected chi connectivity index (χ1v) is 7.05. The molecule has 0 saturated carbocycles. The lowest BCUT2D eigenvalue weighted by Gasteiger charge is -2.34. The highest BCUT2D eigenvalue weighted by Gasteiger charge is 2.28. The van der Waals surface area contributed by atoms with E-state index in [1.165, 1.54) is 0 Å². The number of fused-ring (bicyclic) bond motifs is 1. The van der Waals surface area contributed by atoms with E-state index in [-0.39, 0.29) is 12.1 Å². The Bertz CT molecular complexity index is 465. The molecule has 1 aromatic rings. The molecule has 1 aliphatic rings. The van der Waals surface area contributed by atoms with Crippen LogP contribution >= 0.6 is 11.6 Å². The average Bonchev–Trinajstić information content (AvgIpc) is 2.43. The van der Waals surface area contributed by atoms with Gasteiger partial charge in [-0.25, -0.2) is 4.79 Å². The van der Waals surface area contributed by atoms with Gasteiger partial charge in [0.25, 0.3) is 0 Å². The monoisotopic (exact) mass is 282 g/mol. The second-order valence-electron chi connectivity index (χ2n) is 4.60. The van der Waals surface area contributed by atoms with E-state index in [9.17, 15) is 4.79 Å². The largest absolute Gasteiger partial charge is 0.486 e. The van der Waals surface area contributed by atoms with Crippen molar-refractivity contribution in [3.8, 4) is 5.75 Å².